The van der Waals surface area contributed by atoms with Gasteiger partial charge in [0.1, 0.15) is 11.9 Å². The summed E-state index contributed by atoms with van der Waals surface area (Å²) in [6.07, 6.45) is 0. The zero-order valence-electron chi connectivity index (χ0n) is 8.09. The third kappa shape index (κ3) is 1.50. The van der Waals surface area contributed by atoms with Crippen LogP contribution in [-0.2, 0) is 4.79 Å². The Kier molecular flexibility index (Phi) is 2.31. The number of non-ortho nitro benzene ring substituents is 1. The number of benzene rings is 1. The number of β-lactam (4-membered cyclic amide) rings is 1. The average molecular weight is 225 g/mol. The molecule has 0 aromatic heterocycles. The molecule has 6 nitrogen and oxygen atoms in total. The van der Waals surface area contributed by atoms with E-state index in [-0.39, 0.29) is 17.9 Å². The third-order valence-corrected chi connectivity index (χ3v) is 2.39. The summed E-state index contributed by atoms with van der Waals surface area (Å²) < 4.78 is 13.3. The molecular formula is C9H8FN3O3. The molecule has 7 heteroatoms. The lowest BCUT2D eigenvalue weighted by molar-refractivity contribution is -0.384. The van der Waals surface area contributed by atoms with Crippen LogP contribution in [0.4, 0.5) is 15.8 Å². The van der Waals surface area contributed by atoms with Crippen LogP contribution in [0.2, 0.25) is 0 Å². The van der Waals surface area contributed by atoms with Gasteiger partial charge >= 0.3 is 0 Å². The number of nitro benzene ring substituents is 1. The predicted octanol–water partition coefficient (Wildman–Crippen LogP) is 0.408. The molecule has 84 valence electrons. The molecule has 0 radical (unpaired) electrons. The Labute approximate surface area is 89.6 Å². The van der Waals surface area contributed by atoms with Gasteiger partial charge < -0.3 is 10.6 Å². The van der Waals surface area contributed by atoms with Crippen molar-refractivity contribution < 1.29 is 14.1 Å². The van der Waals surface area contributed by atoms with Gasteiger partial charge in [-0.3, -0.25) is 14.9 Å². The minimum Gasteiger partial charge on any atom is -0.318 e. The number of hydrogen-bond acceptors (Lipinski definition) is 4. The van der Waals surface area contributed by atoms with Crippen LogP contribution in [0.1, 0.15) is 0 Å². The number of nitrogens with zero attached hydrogens (tertiary/aromatic N) is 2. The van der Waals surface area contributed by atoms with Crippen LogP contribution in [0.15, 0.2) is 18.2 Å². The van der Waals surface area contributed by atoms with Gasteiger partial charge in [-0.2, -0.15) is 0 Å². The highest BCUT2D eigenvalue weighted by Gasteiger charge is 2.36. The fraction of sp³-hybridized carbons (Fsp3) is 0.222. The first kappa shape index (κ1) is 10.5. The van der Waals surface area contributed by atoms with E-state index in [2.05, 4.69) is 0 Å². The first-order valence-electron chi connectivity index (χ1n) is 4.51. The third-order valence-electron chi connectivity index (χ3n) is 2.39. The first-order valence-corrected chi connectivity index (χ1v) is 4.51. The minimum absolute atomic E-state index is 0.0964. The second kappa shape index (κ2) is 3.53. The number of hydrogen-bond donors (Lipinski definition) is 1. The van der Waals surface area contributed by atoms with Crippen LogP contribution in [0, 0.1) is 15.9 Å². The molecule has 1 unspecified atom stereocenters. The summed E-state index contributed by atoms with van der Waals surface area (Å²) in [6.45, 7) is 0.178. The Morgan fingerprint density at radius 3 is 2.75 bits per heavy atom. The van der Waals surface area contributed by atoms with E-state index in [1.54, 1.807) is 0 Å². The van der Waals surface area contributed by atoms with E-state index in [9.17, 15) is 19.3 Å². The summed E-state index contributed by atoms with van der Waals surface area (Å²) in [4.78, 5) is 22.2. The van der Waals surface area contributed by atoms with Gasteiger partial charge in [0.15, 0.2) is 0 Å². The van der Waals surface area contributed by atoms with E-state index in [1.165, 1.54) is 0 Å². The quantitative estimate of drug-likeness (QED) is 0.448. The molecule has 0 aliphatic carbocycles. The largest absolute Gasteiger partial charge is 0.318 e. The molecular weight excluding hydrogens is 217 g/mol. The van der Waals surface area contributed by atoms with Crippen LogP contribution in [0.5, 0.6) is 0 Å². The Morgan fingerprint density at radius 2 is 2.25 bits per heavy atom. The fourth-order valence-corrected chi connectivity index (χ4v) is 1.49. The van der Waals surface area contributed by atoms with Gasteiger partial charge in [-0.1, -0.05) is 0 Å². The molecule has 0 bridgehead atoms. The van der Waals surface area contributed by atoms with Crippen molar-refractivity contribution in [2.45, 2.75) is 6.04 Å². The maximum Gasteiger partial charge on any atom is 0.271 e. The molecule has 1 aromatic carbocycles. The van der Waals surface area contributed by atoms with Crippen LogP contribution >= 0.6 is 0 Å². The molecule has 1 fully saturated rings. The fourth-order valence-electron chi connectivity index (χ4n) is 1.49. The number of halogens is 1. The number of nitrogens with two attached hydrogens (primary N) is 1. The monoisotopic (exact) mass is 225 g/mol. The number of anilines is 1. The predicted molar refractivity (Wildman–Crippen MR) is 53.4 cm³/mol. The van der Waals surface area contributed by atoms with Crippen molar-refractivity contribution in [1.29, 1.82) is 0 Å². The van der Waals surface area contributed by atoms with Crippen LogP contribution in [0.3, 0.4) is 0 Å². The van der Waals surface area contributed by atoms with Crippen molar-refractivity contribution in [3.63, 3.8) is 0 Å². The summed E-state index contributed by atoms with van der Waals surface area (Å²) in [5, 5.41) is 10.5. The highest BCUT2D eigenvalue weighted by Crippen LogP contribution is 2.28. The number of amides is 1. The Hall–Kier alpha value is -2.02. The van der Waals surface area contributed by atoms with E-state index in [0.717, 1.165) is 23.1 Å². The molecule has 2 N–H and O–H groups in total. The topological polar surface area (TPSA) is 89.5 Å². The molecule has 1 aromatic rings. The van der Waals surface area contributed by atoms with Gasteiger partial charge in [0.05, 0.1) is 17.2 Å². The average Bonchev–Trinajstić information content (AvgIpc) is 2.26. The standard InChI is InChI=1S/C9H8FN3O3/c10-6-2-1-5(13(15)16)3-8(6)12-4-7(11)9(12)14/h1-3,7H,4,11H2. The van der Waals surface area contributed by atoms with Crippen LogP contribution in [0.25, 0.3) is 0 Å². The lowest BCUT2D eigenvalue weighted by Gasteiger charge is -2.35. The highest BCUT2D eigenvalue weighted by atomic mass is 19.1. The van der Waals surface area contributed by atoms with Crippen LogP contribution in [-0.4, -0.2) is 23.4 Å². The molecule has 0 spiro atoms. The second-order valence-corrected chi connectivity index (χ2v) is 3.45. The van der Waals surface area contributed by atoms with Crippen molar-refractivity contribution in [1.82, 2.24) is 0 Å². The summed E-state index contributed by atoms with van der Waals surface area (Å²) in [5.74, 6) is -1.11. The molecule has 16 heavy (non-hydrogen) atoms. The maximum atomic E-state index is 13.3. The molecule has 1 aliphatic heterocycles. The molecule has 0 saturated carbocycles. The van der Waals surface area contributed by atoms with E-state index in [4.69, 9.17) is 5.73 Å². The molecule has 1 heterocycles. The molecule has 1 saturated heterocycles. The Bertz CT molecular complexity index is 477. The Morgan fingerprint density at radius 1 is 1.56 bits per heavy atom. The van der Waals surface area contributed by atoms with Crippen molar-refractivity contribution in [3.8, 4) is 0 Å². The molecule has 1 amide bonds. The first-order chi connectivity index (χ1) is 7.50. The lowest BCUT2D eigenvalue weighted by Crippen LogP contribution is -2.61. The van der Waals surface area contributed by atoms with Gasteiger partial charge in [0, 0.05) is 12.1 Å². The molecule has 1 aliphatic rings. The van der Waals surface area contributed by atoms with Crippen LogP contribution < -0.4 is 10.6 Å². The number of carbonyl (C=O) groups is 1. The Balaban J connectivity index is 2.37. The van der Waals surface area contributed by atoms with Gasteiger partial charge in [-0.05, 0) is 6.07 Å². The van der Waals surface area contributed by atoms with Gasteiger partial charge in [0.2, 0.25) is 5.91 Å². The maximum absolute atomic E-state index is 13.3. The van der Waals surface area contributed by atoms with Crippen molar-refractivity contribution >= 4 is 17.3 Å². The van der Waals surface area contributed by atoms with E-state index < -0.39 is 22.7 Å². The molecule has 2 rings (SSSR count). The summed E-state index contributed by atoms with van der Waals surface area (Å²) in [5.41, 5.74) is 4.99. The highest BCUT2D eigenvalue weighted by molar-refractivity contribution is 6.04. The second-order valence-electron chi connectivity index (χ2n) is 3.45. The van der Waals surface area contributed by atoms with Crippen molar-refractivity contribution in [2.24, 2.45) is 5.73 Å². The molecule has 1 atom stereocenters. The normalized spacial score (nSPS) is 19.5. The lowest BCUT2D eigenvalue weighted by atomic mass is 10.1. The van der Waals surface area contributed by atoms with E-state index in [0.29, 0.717) is 0 Å². The number of rotatable bonds is 2. The van der Waals surface area contributed by atoms with E-state index >= 15 is 0 Å². The number of carbonyl (C=O) groups excluding carboxylic acids is 1. The minimum atomic E-state index is -0.675. The number of nitro groups is 1. The van der Waals surface area contributed by atoms with E-state index in [1.807, 2.05) is 0 Å². The van der Waals surface area contributed by atoms with Gasteiger partial charge in [-0.25, -0.2) is 4.39 Å². The van der Waals surface area contributed by atoms with Crippen molar-refractivity contribution in [3.05, 3.63) is 34.1 Å². The summed E-state index contributed by atoms with van der Waals surface area (Å²) in [6, 6.07) is 2.39. The summed E-state index contributed by atoms with van der Waals surface area (Å²) >= 11 is 0. The zero-order valence-corrected chi connectivity index (χ0v) is 8.09. The smallest absolute Gasteiger partial charge is 0.271 e. The zero-order chi connectivity index (χ0) is 11.9. The van der Waals surface area contributed by atoms with Gasteiger partial charge in [0.25, 0.3) is 5.69 Å². The SMILES string of the molecule is NC1CN(c2cc([N+](=O)[O-])ccc2F)C1=O. The van der Waals surface area contributed by atoms with Gasteiger partial charge in [-0.15, -0.1) is 0 Å². The van der Waals surface area contributed by atoms with Crippen molar-refractivity contribution in [2.75, 3.05) is 11.4 Å². The summed E-state index contributed by atoms with van der Waals surface area (Å²) in [7, 11) is 0.